The first kappa shape index (κ1) is 21.7. The predicted molar refractivity (Wildman–Crippen MR) is 105 cm³/mol. The highest BCUT2D eigenvalue weighted by atomic mass is 32.2. The number of esters is 1. The summed E-state index contributed by atoms with van der Waals surface area (Å²) in [6, 6.07) is 13.6. The summed E-state index contributed by atoms with van der Waals surface area (Å²) in [4.78, 5) is 11.9. The third-order valence-corrected chi connectivity index (χ3v) is 5.74. The van der Waals surface area contributed by atoms with Gasteiger partial charge in [-0.15, -0.1) is 0 Å². The Morgan fingerprint density at radius 1 is 0.893 bits per heavy atom. The van der Waals surface area contributed by atoms with Gasteiger partial charge in [-0.3, -0.25) is 0 Å². The van der Waals surface area contributed by atoms with E-state index in [9.17, 15) is 13.2 Å². The minimum Gasteiger partial charge on any atom is -0.490 e. The molecule has 0 aliphatic carbocycles. The Kier molecular flexibility index (Phi) is 7.83. The smallest absolute Gasteiger partial charge is 0.344 e. The van der Waals surface area contributed by atoms with Gasteiger partial charge < -0.3 is 14.2 Å². The van der Waals surface area contributed by atoms with Gasteiger partial charge in [-0.2, -0.15) is 0 Å². The number of ether oxygens (including phenoxy) is 3. The van der Waals surface area contributed by atoms with Crippen molar-refractivity contribution in [1.82, 2.24) is 4.31 Å². The molecule has 2 aromatic rings. The molecule has 0 fully saturated rings. The van der Waals surface area contributed by atoms with E-state index in [1.165, 1.54) is 31.8 Å². The average Bonchev–Trinajstić information content (AvgIpc) is 2.70. The van der Waals surface area contributed by atoms with Crippen LogP contribution in [0.2, 0.25) is 0 Å². The van der Waals surface area contributed by atoms with Gasteiger partial charge in [0.25, 0.3) is 0 Å². The van der Waals surface area contributed by atoms with Crippen LogP contribution in [-0.4, -0.2) is 52.6 Å². The van der Waals surface area contributed by atoms with Crippen LogP contribution in [0, 0.1) is 0 Å². The van der Waals surface area contributed by atoms with Crippen LogP contribution in [0.3, 0.4) is 0 Å². The minimum absolute atomic E-state index is 0.0642. The third-order valence-electron chi connectivity index (χ3n) is 3.91. The summed E-state index contributed by atoms with van der Waals surface area (Å²) in [5.41, 5.74) is 1.19. The van der Waals surface area contributed by atoms with Crippen LogP contribution < -0.4 is 9.47 Å². The van der Waals surface area contributed by atoms with E-state index in [1.807, 2.05) is 24.3 Å². The van der Waals surface area contributed by atoms with Gasteiger partial charge in [0.05, 0.1) is 4.90 Å². The normalized spacial score (nSPS) is 11.3. The standard InChI is InChI=1S/C20H25NO6S/c1-4-16-5-7-18(8-6-16)27-15-20(22)26-14-13-25-17-9-11-19(12-10-17)28(23,24)21(2)3/h5-12H,4,13-15H2,1-3H3. The Hall–Kier alpha value is -2.58. The Balaban J connectivity index is 1.69. The van der Waals surface area contributed by atoms with Gasteiger partial charge in [0.1, 0.15) is 24.7 Å². The van der Waals surface area contributed by atoms with Crippen molar-refractivity contribution in [2.75, 3.05) is 33.9 Å². The van der Waals surface area contributed by atoms with Gasteiger partial charge in [-0.25, -0.2) is 17.5 Å². The third kappa shape index (κ3) is 6.24. The average molecular weight is 407 g/mol. The molecule has 0 heterocycles. The molecule has 0 aromatic heterocycles. The molecule has 0 atom stereocenters. The second-order valence-corrected chi connectivity index (χ2v) is 8.27. The van der Waals surface area contributed by atoms with Crippen molar-refractivity contribution in [2.24, 2.45) is 0 Å². The Morgan fingerprint density at radius 2 is 1.46 bits per heavy atom. The van der Waals surface area contributed by atoms with Gasteiger partial charge in [-0.1, -0.05) is 19.1 Å². The number of hydrogen-bond acceptors (Lipinski definition) is 6. The summed E-state index contributed by atoms with van der Waals surface area (Å²) in [7, 11) is -0.528. The summed E-state index contributed by atoms with van der Waals surface area (Å²) in [6.45, 7) is 2.10. The molecule has 0 amide bonds. The van der Waals surface area contributed by atoms with E-state index in [1.54, 1.807) is 12.1 Å². The Bertz CT molecular complexity index is 861. The molecule has 28 heavy (non-hydrogen) atoms. The lowest BCUT2D eigenvalue weighted by molar-refractivity contribution is -0.146. The van der Waals surface area contributed by atoms with Crippen molar-refractivity contribution in [1.29, 1.82) is 0 Å². The second-order valence-electron chi connectivity index (χ2n) is 6.11. The van der Waals surface area contributed by atoms with Crippen molar-refractivity contribution in [3.8, 4) is 11.5 Å². The van der Waals surface area contributed by atoms with E-state index in [2.05, 4.69) is 6.92 Å². The van der Waals surface area contributed by atoms with Crippen molar-refractivity contribution in [3.05, 3.63) is 54.1 Å². The second kappa shape index (κ2) is 10.1. The van der Waals surface area contributed by atoms with Gasteiger partial charge in [0.15, 0.2) is 6.61 Å². The van der Waals surface area contributed by atoms with Gasteiger partial charge in [0.2, 0.25) is 10.0 Å². The van der Waals surface area contributed by atoms with Crippen LogP contribution in [0.1, 0.15) is 12.5 Å². The molecule has 0 spiro atoms. The molecule has 0 aliphatic rings. The van der Waals surface area contributed by atoms with E-state index < -0.39 is 16.0 Å². The number of carbonyl (C=O) groups excluding carboxylic acids is 1. The van der Waals surface area contributed by atoms with E-state index in [4.69, 9.17) is 14.2 Å². The number of aryl methyl sites for hydroxylation is 1. The molecule has 0 saturated heterocycles. The molecule has 8 heteroatoms. The van der Waals surface area contributed by atoms with Gasteiger partial charge in [0, 0.05) is 14.1 Å². The summed E-state index contributed by atoms with van der Waals surface area (Å²) in [6.07, 6.45) is 0.941. The fourth-order valence-corrected chi connectivity index (χ4v) is 3.14. The predicted octanol–water partition coefficient (Wildman–Crippen LogP) is 2.50. The fourth-order valence-electron chi connectivity index (χ4n) is 2.24. The highest BCUT2D eigenvalue weighted by molar-refractivity contribution is 7.89. The molecule has 2 rings (SSSR count). The van der Waals surface area contributed by atoms with E-state index >= 15 is 0 Å². The number of sulfonamides is 1. The molecule has 0 bridgehead atoms. The first-order valence-electron chi connectivity index (χ1n) is 8.85. The zero-order chi connectivity index (χ0) is 20.6. The van der Waals surface area contributed by atoms with Gasteiger partial charge >= 0.3 is 5.97 Å². The first-order valence-corrected chi connectivity index (χ1v) is 10.3. The quantitative estimate of drug-likeness (QED) is 0.445. The highest BCUT2D eigenvalue weighted by Crippen LogP contribution is 2.18. The summed E-state index contributed by atoms with van der Waals surface area (Å²) >= 11 is 0. The van der Waals surface area contributed by atoms with Crippen LogP contribution in [0.15, 0.2) is 53.4 Å². The number of hydrogen-bond donors (Lipinski definition) is 0. The molecule has 0 aliphatic heterocycles. The molecule has 0 saturated carbocycles. The lowest BCUT2D eigenvalue weighted by Crippen LogP contribution is -2.22. The molecule has 0 unspecified atom stereocenters. The molecular formula is C20H25NO6S. The number of nitrogens with zero attached hydrogens (tertiary/aromatic N) is 1. The maximum Gasteiger partial charge on any atom is 0.344 e. The van der Waals surface area contributed by atoms with Crippen LogP contribution in [-0.2, 0) is 26.0 Å². The fraction of sp³-hybridized carbons (Fsp3) is 0.350. The SMILES string of the molecule is CCc1ccc(OCC(=O)OCCOc2ccc(S(=O)(=O)N(C)C)cc2)cc1. The van der Waals surface area contributed by atoms with Crippen molar-refractivity contribution >= 4 is 16.0 Å². The maximum absolute atomic E-state index is 12.0. The number of carbonyl (C=O) groups is 1. The van der Waals surface area contributed by atoms with Gasteiger partial charge in [-0.05, 0) is 48.4 Å². The topological polar surface area (TPSA) is 82.1 Å². The van der Waals surface area contributed by atoms with E-state index in [-0.39, 0.29) is 24.7 Å². The summed E-state index contributed by atoms with van der Waals surface area (Å²) in [5.74, 6) is 0.606. The summed E-state index contributed by atoms with van der Waals surface area (Å²) in [5, 5.41) is 0. The van der Waals surface area contributed by atoms with E-state index in [0.29, 0.717) is 11.5 Å². The zero-order valence-corrected chi connectivity index (χ0v) is 17.1. The zero-order valence-electron chi connectivity index (χ0n) is 16.3. The van der Waals surface area contributed by atoms with Crippen LogP contribution in [0.4, 0.5) is 0 Å². The maximum atomic E-state index is 12.0. The van der Waals surface area contributed by atoms with E-state index in [0.717, 1.165) is 10.7 Å². The molecule has 0 N–H and O–H groups in total. The monoisotopic (exact) mass is 407 g/mol. The van der Waals surface area contributed by atoms with Crippen LogP contribution >= 0.6 is 0 Å². The molecule has 7 nitrogen and oxygen atoms in total. The van der Waals surface area contributed by atoms with Crippen molar-refractivity contribution in [3.63, 3.8) is 0 Å². The Morgan fingerprint density at radius 3 is 2.04 bits per heavy atom. The lowest BCUT2D eigenvalue weighted by atomic mass is 10.2. The first-order chi connectivity index (χ1) is 13.3. The molecular weight excluding hydrogens is 382 g/mol. The van der Waals surface area contributed by atoms with Crippen molar-refractivity contribution < 1.29 is 27.4 Å². The summed E-state index contributed by atoms with van der Waals surface area (Å²) < 4.78 is 41.0. The Labute approximate surface area is 165 Å². The number of benzene rings is 2. The lowest BCUT2D eigenvalue weighted by Gasteiger charge is -2.12. The minimum atomic E-state index is -3.47. The highest BCUT2D eigenvalue weighted by Gasteiger charge is 2.16. The molecule has 2 aromatic carbocycles. The van der Waals surface area contributed by atoms with Crippen LogP contribution in [0.25, 0.3) is 0 Å². The van der Waals surface area contributed by atoms with Crippen molar-refractivity contribution in [2.45, 2.75) is 18.2 Å². The van der Waals surface area contributed by atoms with Crippen LogP contribution in [0.5, 0.6) is 11.5 Å². The largest absolute Gasteiger partial charge is 0.490 e. The molecule has 152 valence electrons. The number of rotatable bonds is 10. The molecule has 0 radical (unpaired) electrons.